The van der Waals surface area contributed by atoms with E-state index < -0.39 is 46.9 Å². The number of aliphatic hydroxyl groups excluding tert-OH is 1. The second kappa shape index (κ2) is 8.68. The number of carbonyl (C=O) groups is 4. The van der Waals surface area contributed by atoms with Crippen LogP contribution in [0.4, 0.5) is 0 Å². The largest absolute Gasteiger partial charge is 0.458 e. The molecule has 7 heteroatoms. The number of allylic oxidation sites excluding steroid dienone is 4. The van der Waals surface area contributed by atoms with E-state index in [2.05, 4.69) is 13.8 Å². The summed E-state index contributed by atoms with van der Waals surface area (Å²) in [5.74, 6) is -1.66. The Bertz CT molecular complexity index is 1010. The molecule has 4 rings (SSSR count). The fourth-order valence-electron chi connectivity index (χ4n) is 8.46. The van der Waals surface area contributed by atoms with Crippen LogP contribution in [-0.2, 0) is 28.7 Å². The van der Waals surface area contributed by atoms with Crippen LogP contribution in [0, 0.1) is 40.4 Å². The molecule has 3 fully saturated rings. The fourth-order valence-corrected chi connectivity index (χ4v) is 8.46. The number of aliphatic hydroxyl groups is 1. The highest BCUT2D eigenvalue weighted by molar-refractivity contribution is 6.01. The first-order valence-corrected chi connectivity index (χ1v) is 12.8. The van der Waals surface area contributed by atoms with Gasteiger partial charge in [0.1, 0.15) is 0 Å². The van der Waals surface area contributed by atoms with Crippen molar-refractivity contribution in [2.75, 3.05) is 6.61 Å². The van der Waals surface area contributed by atoms with E-state index in [-0.39, 0.29) is 48.2 Å². The predicted octanol–water partition coefficient (Wildman–Crippen LogP) is 3.58. The highest BCUT2D eigenvalue weighted by atomic mass is 16.6. The first kappa shape index (κ1) is 25.8. The molecule has 7 nitrogen and oxygen atoms in total. The SMILES string of the molecule is CCC(=O)O[C@]1(C(=O)COC(C)=O)[C@H](C)C[C@H]2[C@@H]3C[C@H](C)C4=CC(=O)C=C[C@]4(C)[C@H]3[C@@H](O)C[C@@]21C. The minimum atomic E-state index is -1.48. The van der Waals surface area contributed by atoms with E-state index in [9.17, 15) is 24.3 Å². The van der Waals surface area contributed by atoms with E-state index in [1.54, 1.807) is 19.1 Å². The lowest BCUT2D eigenvalue weighted by Crippen LogP contribution is -2.64. The number of hydrogen-bond donors (Lipinski definition) is 1. The molecule has 0 bridgehead atoms. The number of esters is 2. The number of rotatable bonds is 5. The van der Waals surface area contributed by atoms with Crippen LogP contribution in [0.25, 0.3) is 0 Å². The lowest BCUT2D eigenvalue weighted by atomic mass is 9.44. The van der Waals surface area contributed by atoms with Gasteiger partial charge in [0.25, 0.3) is 0 Å². The van der Waals surface area contributed by atoms with Crippen LogP contribution in [0.15, 0.2) is 23.8 Å². The van der Waals surface area contributed by atoms with Crippen molar-refractivity contribution < 1.29 is 33.8 Å². The molecule has 0 aromatic heterocycles. The Balaban J connectivity index is 1.80. The summed E-state index contributed by atoms with van der Waals surface area (Å²) in [6.45, 7) is 10.6. The minimum absolute atomic E-state index is 0.0173. The third-order valence-electron chi connectivity index (χ3n) is 9.74. The van der Waals surface area contributed by atoms with Crippen molar-refractivity contribution in [2.24, 2.45) is 40.4 Å². The van der Waals surface area contributed by atoms with Crippen molar-refractivity contribution in [1.29, 1.82) is 0 Å². The van der Waals surface area contributed by atoms with Gasteiger partial charge in [0.2, 0.25) is 5.78 Å². The average Bonchev–Trinajstić information content (AvgIpc) is 3.00. The van der Waals surface area contributed by atoms with Crippen LogP contribution in [0.3, 0.4) is 0 Å². The highest BCUT2D eigenvalue weighted by Gasteiger charge is 2.73. The summed E-state index contributed by atoms with van der Waals surface area (Å²) in [6.07, 6.45) is 6.38. The van der Waals surface area contributed by atoms with Gasteiger partial charge >= 0.3 is 11.9 Å². The van der Waals surface area contributed by atoms with Crippen LogP contribution in [0.5, 0.6) is 0 Å². The molecule has 0 saturated heterocycles. The summed E-state index contributed by atoms with van der Waals surface area (Å²) in [5, 5.41) is 11.7. The zero-order valence-corrected chi connectivity index (χ0v) is 21.6. The van der Waals surface area contributed by atoms with Crippen LogP contribution < -0.4 is 0 Å². The summed E-state index contributed by atoms with van der Waals surface area (Å²) < 4.78 is 11.2. The standard InChI is InChI=1S/C28H38O7/c1-7-24(33)35-28(23(32)14-34-17(4)29)16(3)11-21-19-10-15(2)20-12-18(30)8-9-26(20,5)25(19)22(31)13-27(21,28)6/h8-9,12,15-16,19,21-22,25,31H,7,10-11,13-14H2,1-6H3/t15-,16+,19-,21-,22-,25+,26-,27-,28-/m0/s1. The van der Waals surface area contributed by atoms with Gasteiger partial charge in [-0.15, -0.1) is 0 Å². The monoisotopic (exact) mass is 486 g/mol. The van der Waals surface area contributed by atoms with Gasteiger partial charge in [-0.3, -0.25) is 19.2 Å². The van der Waals surface area contributed by atoms with E-state index in [1.165, 1.54) is 6.92 Å². The topological polar surface area (TPSA) is 107 Å². The second-order valence-electron chi connectivity index (χ2n) is 11.6. The number of ether oxygens (including phenoxy) is 2. The van der Waals surface area contributed by atoms with Gasteiger partial charge in [-0.25, -0.2) is 0 Å². The van der Waals surface area contributed by atoms with E-state index in [1.807, 2.05) is 19.9 Å². The van der Waals surface area contributed by atoms with Gasteiger partial charge < -0.3 is 14.6 Å². The Morgan fingerprint density at radius 2 is 1.86 bits per heavy atom. The van der Waals surface area contributed by atoms with Crippen molar-refractivity contribution in [3.8, 4) is 0 Å². The van der Waals surface area contributed by atoms with Crippen molar-refractivity contribution >= 4 is 23.5 Å². The van der Waals surface area contributed by atoms with E-state index in [0.717, 1.165) is 12.0 Å². The predicted molar refractivity (Wildman–Crippen MR) is 128 cm³/mol. The number of ketones is 2. The van der Waals surface area contributed by atoms with Crippen LogP contribution in [-0.4, -0.2) is 46.9 Å². The summed E-state index contributed by atoms with van der Waals surface area (Å²) >= 11 is 0. The summed E-state index contributed by atoms with van der Waals surface area (Å²) in [7, 11) is 0. The molecule has 192 valence electrons. The lowest BCUT2D eigenvalue weighted by Gasteiger charge is -2.61. The zero-order valence-electron chi connectivity index (χ0n) is 21.6. The molecule has 0 unspecified atom stereocenters. The highest BCUT2D eigenvalue weighted by Crippen LogP contribution is 2.69. The van der Waals surface area contributed by atoms with Gasteiger partial charge in [0.05, 0.1) is 6.10 Å². The number of fused-ring (bicyclic) bond motifs is 5. The molecule has 0 spiro atoms. The molecule has 4 aliphatic rings. The van der Waals surface area contributed by atoms with Crippen molar-refractivity contribution in [3.63, 3.8) is 0 Å². The normalized spacial score (nSPS) is 44.0. The molecule has 4 aliphatic carbocycles. The Morgan fingerprint density at radius 3 is 2.49 bits per heavy atom. The van der Waals surface area contributed by atoms with Gasteiger partial charge in [0, 0.05) is 36.0 Å². The molecule has 0 radical (unpaired) electrons. The Labute approximate surface area is 207 Å². The van der Waals surface area contributed by atoms with Crippen LogP contribution in [0.2, 0.25) is 0 Å². The van der Waals surface area contributed by atoms with Gasteiger partial charge in [-0.1, -0.05) is 46.3 Å². The Kier molecular flexibility index (Phi) is 6.40. The van der Waals surface area contributed by atoms with Crippen molar-refractivity contribution in [3.05, 3.63) is 23.8 Å². The molecular weight excluding hydrogens is 448 g/mol. The first-order valence-electron chi connectivity index (χ1n) is 12.8. The first-order chi connectivity index (χ1) is 16.3. The Morgan fingerprint density at radius 1 is 1.17 bits per heavy atom. The molecule has 0 heterocycles. The third kappa shape index (κ3) is 3.64. The molecule has 9 atom stereocenters. The number of hydrogen-bond acceptors (Lipinski definition) is 7. The Hall–Kier alpha value is -2.28. The molecule has 0 amide bonds. The molecular formula is C28H38O7. The summed E-state index contributed by atoms with van der Waals surface area (Å²) in [6, 6.07) is 0. The maximum atomic E-state index is 13.8. The van der Waals surface area contributed by atoms with E-state index in [0.29, 0.717) is 6.42 Å². The maximum Gasteiger partial charge on any atom is 0.306 e. The summed E-state index contributed by atoms with van der Waals surface area (Å²) in [4.78, 5) is 50.1. The van der Waals surface area contributed by atoms with Crippen molar-refractivity contribution in [2.45, 2.75) is 78.9 Å². The minimum Gasteiger partial charge on any atom is -0.458 e. The van der Waals surface area contributed by atoms with Crippen LogP contribution >= 0.6 is 0 Å². The van der Waals surface area contributed by atoms with E-state index >= 15 is 0 Å². The quantitative estimate of drug-likeness (QED) is 0.592. The van der Waals surface area contributed by atoms with E-state index in [4.69, 9.17) is 9.47 Å². The molecule has 35 heavy (non-hydrogen) atoms. The smallest absolute Gasteiger partial charge is 0.306 e. The second-order valence-corrected chi connectivity index (χ2v) is 11.6. The fraction of sp³-hybridized carbons (Fsp3) is 0.714. The van der Waals surface area contributed by atoms with Crippen molar-refractivity contribution in [1.82, 2.24) is 0 Å². The molecule has 0 aromatic carbocycles. The molecule has 0 aliphatic heterocycles. The van der Waals surface area contributed by atoms with Gasteiger partial charge in [-0.05, 0) is 49.2 Å². The zero-order chi connectivity index (χ0) is 25.9. The third-order valence-corrected chi connectivity index (χ3v) is 9.74. The molecule has 1 N–H and O–H groups in total. The lowest BCUT2D eigenvalue weighted by molar-refractivity contribution is -0.206. The summed E-state index contributed by atoms with van der Waals surface area (Å²) in [5.41, 5.74) is -1.69. The van der Waals surface area contributed by atoms with Gasteiger partial charge in [0.15, 0.2) is 18.0 Å². The molecule has 0 aromatic rings. The number of carbonyl (C=O) groups excluding carboxylic acids is 4. The maximum absolute atomic E-state index is 13.8. The average molecular weight is 487 g/mol. The van der Waals surface area contributed by atoms with Crippen LogP contribution in [0.1, 0.15) is 67.2 Å². The number of Topliss-reactive ketones (excluding diaryl/α,β-unsaturated/α-hetero) is 1. The molecule has 3 saturated carbocycles. The van der Waals surface area contributed by atoms with Gasteiger partial charge in [-0.2, -0.15) is 0 Å².